The molecule has 2 heterocycles. The first-order valence-electron chi connectivity index (χ1n) is 3.01. The van der Waals surface area contributed by atoms with Gasteiger partial charge < -0.3 is 0 Å². The molecule has 0 saturated heterocycles. The van der Waals surface area contributed by atoms with E-state index < -0.39 is 0 Å². The smallest absolute Gasteiger partial charge is 0.191 e. The number of aromatic nitrogens is 4. The van der Waals surface area contributed by atoms with E-state index >= 15 is 0 Å². The molecule has 0 aliphatic heterocycles. The highest BCUT2D eigenvalue weighted by atomic mass is 15.3. The molecule has 0 aromatic carbocycles. The van der Waals surface area contributed by atoms with E-state index in [1.807, 2.05) is 20.0 Å². The molecule has 0 atom stereocenters. The van der Waals surface area contributed by atoms with Crippen LogP contribution in [-0.2, 0) is 0 Å². The van der Waals surface area contributed by atoms with Crippen LogP contribution in [0.5, 0.6) is 0 Å². The molecular weight excluding hydrogens is 127 g/mol. The highest BCUT2D eigenvalue weighted by molar-refractivity contribution is 6.29. The van der Waals surface area contributed by atoms with Gasteiger partial charge in [-0.25, -0.2) is 4.52 Å². The fourth-order valence-corrected chi connectivity index (χ4v) is 0.855. The van der Waals surface area contributed by atoms with Crippen molar-refractivity contribution in [1.82, 2.24) is 19.8 Å². The van der Waals surface area contributed by atoms with Crippen LogP contribution in [0.25, 0.3) is 5.65 Å². The van der Waals surface area contributed by atoms with Crippen LogP contribution in [-0.4, -0.2) is 27.7 Å². The predicted octanol–water partition coefficient (Wildman–Crippen LogP) is -1.62. The largest absolute Gasteiger partial charge is 0.208 e. The van der Waals surface area contributed by atoms with Gasteiger partial charge in [0.25, 0.3) is 0 Å². The van der Waals surface area contributed by atoms with E-state index in [0.29, 0.717) is 0 Å². The Labute approximate surface area is 58.3 Å². The summed E-state index contributed by atoms with van der Waals surface area (Å²) >= 11 is 0. The molecule has 10 heavy (non-hydrogen) atoms. The zero-order valence-electron chi connectivity index (χ0n) is 5.52. The van der Waals surface area contributed by atoms with Crippen molar-refractivity contribution in [3.05, 3.63) is 18.3 Å². The van der Waals surface area contributed by atoms with Crippen molar-refractivity contribution in [3.8, 4) is 0 Å². The molecule has 0 saturated carbocycles. The lowest BCUT2D eigenvalue weighted by Gasteiger charge is -1.88. The van der Waals surface area contributed by atoms with Crippen molar-refractivity contribution in [2.45, 2.75) is 0 Å². The molecule has 48 valence electrons. The van der Waals surface area contributed by atoms with Crippen molar-refractivity contribution < 1.29 is 0 Å². The lowest BCUT2D eigenvalue weighted by atomic mass is 10.1. The van der Waals surface area contributed by atoms with Gasteiger partial charge in [-0.2, -0.15) is 5.10 Å². The minimum Gasteiger partial charge on any atom is -0.208 e. The van der Waals surface area contributed by atoms with Crippen LogP contribution < -0.4 is 5.72 Å². The second kappa shape index (κ2) is 1.80. The number of hydrogen-bond acceptors (Lipinski definition) is 3. The Hall–Kier alpha value is -1.39. The topological polar surface area (TPSA) is 43.1 Å². The first-order chi connectivity index (χ1) is 4.88. The fraction of sp³-hybridized carbons (Fsp3) is 0. The minimum absolute atomic E-state index is 0.792. The van der Waals surface area contributed by atoms with Gasteiger partial charge in [0, 0.05) is 6.20 Å². The zero-order chi connectivity index (χ0) is 6.97. The SMILES string of the molecule is Bc1nnc2cccnn12. The van der Waals surface area contributed by atoms with E-state index in [2.05, 4.69) is 15.3 Å². The van der Waals surface area contributed by atoms with Crippen LogP contribution >= 0.6 is 0 Å². The van der Waals surface area contributed by atoms with Crippen LogP contribution in [0.2, 0.25) is 0 Å². The Morgan fingerprint density at radius 2 is 2.30 bits per heavy atom. The molecule has 2 aromatic rings. The van der Waals surface area contributed by atoms with Crippen molar-refractivity contribution in [2.75, 3.05) is 0 Å². The molecule has 0 aliphatic carbocycles. The molecule has 5 heteroatoms. The maximum absolute atomic E-state index is 4.03. The van der Waals surface area contributed by atoms with E-state index in [1.54, 1.807) is 10.7 Å². The number of hydrogen-bond donors (Lipinski definition) is 0. The fourth-order valence-electron chi connectivity index (χ4n) is 0.855. The Bertz CT molecular complexity index is 355. The Balaban J connectivity index is 2.93. The number of nitrogens with zero attached hydrogens (tertiary/aromatic N) is 4. The zero-order valence-corrected chi connectivity index (χ0v) is 5.52. The molecule has 0 radical (unpaired) electrons. The van der Waals surface area contributed by atoms with Gasteiger partial charge in [-0.15, -0.1) is 10.2 Å². The summed E-state index contributed by atoms with van der Waals surface area (Å²) in [7, 11) is 1.87. The molecule has 0 aliphatic rings. The van der Waals surface area contributed by atoms with Crippen LogP contribution in [0.3, 0.4) is 0 Å². The van der Waals surface area contributed by atoms with Gasteiger partial charge in [0.15, 0.2) is 13.5 Å². The van der Waals surface area contributed by atoms with Crippen molar-refractivity contribution in [2.24, 2.45) is 0 Å². The molecule has 0 spiro atoms. The quantitative estimate of drug-likeness (QED) is 0.404. The molecule has 0 unspecified atom stereocenters. The summed E-state index contributed by atoms with van der Waals surface area (Å²) in [5.74, 6) is 0. The second-order valence-corrected chi connectivity index (χ2v) is 2.04. The van der Waals surface area contributed by atoms with Crippen LogP contribution in [0.15, 0.2) is 18.3 Å². The Morgan fingerprint density at radius 3 is 3.10 bits per heavy atom. The molecule has 0 bridgehead atoms. The molecule has 0 fully saturated rings. The summed E-state index contributed by atoms with van der Waals surface area (Å²) in [6, 6.07) is 3.70. The third-order valence-corrected chi connectivity index (χ3v) is 1.33. The van der Waals surface area contributed by atoms with E-state index in [1.165, 1.54) is 0 Å². The van der Waals surface area contributed by atoms with Crippen molar-refractivity contribution in [1.29, 1.82) is 0 Å². The van der Waals surface area contributed by atoms with Gasteiger partial charge in [0.1, 0.15) is 5.72 Å². The third-order valence-electron chi connectivity index (χ3n) is 1.33. The van der Waals surface area contributed by atoms with E-state index in [9.17, 15) is 0 Å². The van der Waals surface area contributed by atoms with E-state index in [4.69, 9.17) is 0 Å². The third kappa shape index (κ3) is 0.602. The summed E-state index contributed by atoms with van der Waals surface area (Å²) in [5, 5.41) is 11.7. The van der Waals surface area contributed by atoms with E-state index in [0.717, 1.165) is 11.4 Å². The lowest BCUT2D eigenvalue weighted by Crippen LogP contribution is -2.14. The van der Waals surface area contributed by atoms with Crippen LogP contribution in [0.4, 0.5) is 0 Å². The summed E-state index contributed by atoms with van der Waals surface area (Å²) < 4.78 is 1.69. The Kier molecular flexibility index (Phi) is 0.971. The van der Waals surface area contributed by atoms with Gasteiger partial charge in [0.2, 0.25) is 0 Å². The minimum atomic E-state index is 0.792. The molecule has 0 amide bonds. The highest BCUT2D eigenvalue weighted by Gasteiger charge is 1.96. The van der Waals surface area contributed by atoms with Gasteiger partial charge >= 0.3 is 0 Å². The Morgan fingerprint density at radius 1 is 1.40 bits per heavy atom. The summed E-state index contributed by atoms with van der Waals surface area (Å²) in [6.45, 7) is 0. The van der Waals surface area contributed by atoms with Crippen molar-refractivity contribution >= 4 is 19.2 Å². The molecule has 2 rings (SSSR count). The maximum Gasteiger partial charge on any atom is 0.191 e. The average molecular weight is 132 g/mol. The van der Waals surface area contributed by atoms with Gasteiger partial charge in [-0.3, -0.25) is 0 Å². The maximum atomic E-state index is 4.03. The predicted molar refractivity (Wildman–Crippen MR) is 39.0 cm³/mol. The first kappa shape index (κ1) is 5.40. The van der Waals surface area contributed by atoms with Gasteiger partial charge in [-0.1, -0.05) is 0 Å². The monoisotopic (exact) mass is 132 g/mol. The second-order valence-electron chi connectivity index (χ2n) is 2.04. The lowest BCUT2D eigenvalue weighted by molar-refractivity contribution is 0.956. The normalized spacial score (nSPS) is 10.4. The molecular formula is C5H5BN4. The van der Waals surface area contributed by atoms with Crippen molar-refractivity contribution in [3.63, 3.8) is 0 Å². The number of fused-ring (bicyclic) bond motifs is 1. The summed E-state index contributed by atoms with van der Waals surface area (Å²) in [6.07, 6.45) is 1.71. The molecule has 0 N–H and O–H groups in total. The standard InChI is InChI=1S/C5H5BN4/c6-5-9-8-4-2-1-3-7-10(4)5/h1-3H,6H2. The van der Waals surface area contributed by atoms with Gasteiger partial charge in [0.05, 0.1) is 0 Å². The van der Waals surface area contributed by atoms with E-state index in [-0.39, 0.29) is 0 Å². The number of rotatable bonds is 0. The van der Waals surface area contributed by atoms with Crippen LogP contribution in [0.1, 0.15) is 0 Å². The first-order valence-corrected chi connectivity index (χ1v) is 3.01. The average Bonchev–Trinajstić information content (AvgIpc) is 2.34. The molecule has 2 aromatic heterocycles. The van der Waals surface area contributed by atoms with Gasteiger partial charge in [-0.05, 0) is 12.1 Å². The molecule has 4 nitrogen and oxygen atoms in total. The summed E-state index contributed by atoms with van der Waals surface area (Å²) in [5.41, 5.74) is 1.61. The summed E-state index contributed by atoms with van der Waals surface area (Å²) in [4.78, 5) is 0. The van der Waals surface area contributed by atoms with Crippen LogP contribution in [0, 0.1) is 0 Å². The highest BCUT2D eigenvalue weighted by Crippen LogP contribution is 1.88.